The second-order valence-electron chi connectivity index (χ2n) is 4.97. The summed E-state index contributed by atoms with van der Waals surface area (Å²) in [4.78, 5) is 12.0. The highest BCUT2D eigenvalue weighted by Gasteiger charge is 2.13. The molecule has 0 aliphatic carbocycles. The van der Waals surface area contributed by atoms with Crippen molar-refractivity contribution < 1.29 is 13.6 Å². The molecule has 110 valence electrons. The summed E-state index contributed by atoms with van der Waals surface area (Å²) in [5.41, 5.74) is 8.64. The lowest BCUT2D eigenvalue weighted by atomic mass is 10.1. The Balaban J connectivity index is 2.18. The minimum Gasteiger partial charge on any atom is -0.399 e. The van der Waals surface area contributed by atoms with Crippen LogP contribution in [0.15, 0.2) is 30.3 Å². The van der Waals surface area contributed by atoms with E-state index in [1.165, 1.54) is 12.1 Å². The monoisotopic (exact) mass is 290 g/mol. The molecule has 0 saturated heterocycles. The number of hydrogen-bond acceptors (Lipinski definition) is 2. The third-order valence-corrected chi connectivity index (χ3v) is 3.20. The standard InChI is InChI=1S/C16H16F2N2O/c1-9-6-12(19)7-10(2)16(9)20-14(21)8-11-4-3-5-13(17)15(11)18/h3-7H,8,19H2,1-2H3,(H,20,21). The molecule has 0 bridgehead atoms. The molecule has 2 rings (SSSR count). The number of rotatable bonds is 3. The van der Waals surface area contributed by atoms with E-state index < -0.39 is 17.5 Å². The first-order chi connectivity index (χ1) is 9.88. The number of carbonyl (C=O) groups is 1. The molecule has 0 heterocycles. The van der Waals surface area contributed by atoms with Gasteiger partial charge in [-0.1, -0.05) is 12.1 Å². The van der Waals surface area contributed by atoms with Crippen molar-refractivity contribution in [3.8, 4) is 0 Å². The van der Waals surface area contributed by atoms with Crippen LogP contribution in [0, 0.1) is 25.5 Å². The average molecular weight is 290 g/mol. The van der Waals surface area contributed by atoms with E-state index in [-0.39, 0.29) is 12.0 Å². The molecule has 21 heavy (non-hydrogen) atoms. The minimum atomic E-state index is -0.988. The van der Waals surface area contributed by atoms with Crippen molar-refractivity contribution in [3.05, 3.63) is 58.7 Å². The van der Waals surface area contributed by atoms with Crippen LogP contribution in [-0.2, 0) is 11.2 Å². The minimum absolute atomic E-state index is 0.0262. The predicted octanol–water partition coefficient (Wildman–Crippen LogP) is 3.35. The van der Waals surface area contributed by atoms with Gasteiger partial charge in [-0.3, -0.25) is 4.79 Å². The number of hydrogen-bond donors (Lipinski definition) is 2. The lowest BCUT2D eigenvalue weighted by Gasteiger charge is -2.13. The molecule has 0 atom stereocenters. The molecule has 0 radical (unpaired) electrons. The molecule has 3 nitrogen and oxygen atoms in total. The third kappa shape index (κ3) is 3.37. The largest absolute Gasteiger partial charge is 0.399 e. The fraction of sp³-hybridized carbons (Fsp3) is 0.188. The summed E-state index contributed by atoms with van der Waals surface area (Å²) >= 11 is 0. The van der Waals surface area contributed by atoms with Crippen molar-refractivity contribution in [2.75, 3.05) is 11.1 Å². The van der Waals surface area contributed by atoms with Gasteiger partial charge >= 0.3 is 0 Å². The number of benzene rings is 2. The summed E-state index contributed by atoms with van der Waals surface area (Å²) in [6, 6.07) is 7.27. The number of nitrogens with one attached hydrogen (secondary N) is 1. The number of anilines is 2. The summed E-state index contributed by atoms with van der Waals surface area (Å²) in [5.74, 6) is -2.35. The van der Waals surface area contributed by atoms with Gasteiger partial charge in [-0.05, 0) is 43.2 Å². The van der Waals surface area contributed by atoms with Crippen LogP contribution in [0.5, 0.6) is 0 Å². The van der Waals surface area contributed by atoms with Crippen LogP contribution in [0.3, 0.4) is 0 Å². The zero-order valence-corrected chi connectivity index (χ0v) is 11.8. The lowest BCUT2D eigenvalue weighted by molar-refractivity contribution is -0.115. The van der Waals surface area contributed by atoms with E-state index in [1.54, 1.807) is 12.1 Å². The first-order valence-corrected chi connectivity index (χ1v) is 6.48. The van der Waals surface area contributed by atoms with Gasteiger partial charge in [0.05, 0.1) is 6.42 Å². The van der Waals surface area contributed by atoms with Crippen molar-refractivity contribution >= 4 is 17.3 Å². The van der Waals surface area contributed by atoms with Crippen molar-refractivity contribution in [3.63, 3.8) is 0 Å². The molecule has 0 unspecified atom stereocenters. The smallest absolute Gasteiger partial charge is 0.228 e. The van der Waals surface area contributed by atoms with Gasteiger partial charge in [0.15, 0.2) is 11.6 Å². The molecule has 3 N–H and O–H groups in total. The summed E-state index contributed by atoms with van der Waals surface area (Å²) in [7, 11) is 0. The molecule has 2 aromatic rings. The average Bonchev–Trinajstić information content (AvgIpc) is 2.39. The summed E-state index contributed by atoms with van der Waals surface area (Å²) in [6.07, 6.45) is -0.229. The Morgan fingerprint density at radius 3 is 2.43 bits per heavy atom. The van der Waals surface area contributed by atoms with Crippen molar-refractivity contribution in [1.82, 2.24) is 0 Å². The van der Waals surface area contributed by atoms with E-state index in [0.29, 0.717) is 11.4 Å². The van der Waals surface area contributed by atoms with Crippen LogP contribution < -0.4 is 11.1 Å². The fourth-order valence-electron chi connectivity index (χ4n) is 2.24. The molecule has 0 saturated carbocycles. The summed E-state index contributed by atoms with van der Waals surface area (Å²) in [5, 5.41) is 2.72. The number of amides is 1. The molecule has 0 aliphatic heterocycles. The zero-order valence-electron chi connectivity index (χ0n) is 11.8. The SMILES string of the molecule is Cc1cc(N)cc(C)c1NC(=O)Cc1cccc(F)c1F. The Bertz CT molecular complexity index is 676. The highest BCUT2D eigenvalue weighted by atomic mass is 19.2. The van der Waals surface area contributed by atoms with E-state index in [0.717, 1.165) is 17.2 Å². The Labute approximate surface area is 121 Å². The van der Waals surface area contributed by atoms with Gasteiger partial charge in [0.25, 0.3) is 0 Å². The predicted molar refractivity (Wildman–Crippen MR) is 79.0 cm³/mol. The zero-order chi connectivity index (χ0) is 15.6. The van der Waals surface area contributed by atoms with Gasteiger partial charge in [0.1, 0.15) is 0 Å². The maximum atomic E-state index is 13.5. The molecule has 1 amide bonds. The molecular formula is C16H16F2N2O. The number of carbonyl (C=O) groups excluding carboxylic acids is 1. The van der Waals surface area contributed by atoms with E-state index in [2.05, 4.69) is 5.32 Å². The Kier molecular flexibility index (Phi) is 4.21. The molecule has 5 heteroatoms. The molecule has 0 aliphatic rings. The van der Waals surface area contributed by atoms with Gasteiger partial charge in [0, 0.05) is 16.9 Å². The first-order valence-electron chi connectivity index (χ1n) is 6.48. The van der Waals surface area contributed by atoms with Gasteiger partial charge in [0.2, 0.25) is 5.91 Å². The van der Waals surface area contributed by atoms with Crippen LogP contribution in [0.2, 0.25) is 0 Å². The van der Waals surface area contributed by atoms with Gasteiger partial charge in [-0.25, -0.2) is 8.78 Å². The topological polar surface area (TPSA) is 55.1 Å². The molecule has 0 spiro atoms. The molecule has 0 aromatic heterocycles. The van der Waals surface area contributed by atoms with Crippen molar-refractivity contribution in [1.29, 1.82) is 0 Å². The van der Waals surface area contributed by atoms with Crippen LogP contribution >= 0.6 is 0 Å². The molecule has 2 aromatic carbocycles. The Morgan fingerprint density at radius 2 is 1.81 bits per heavy atom. The molecule has 0 fully saturated rings. The Hall–Kier alpha value is -2.43. The lowest BCUT2D eigenvalue weighted by Crippen LogP contribution is -2.17. The maximum absolute atomic E-state index is 13.5. The van der Waals surface area contributed by atoms with Crippen LogP contribution in [-0.4, -0.2) is 5.91 Å². The Morgan fingerprint density at radius 1 is 1.19 bits per heavy atom. The number of halogens is 2. The van der Waals surface area contributed by atoms with Gasteiger partial charge < -0.3 is 11.1 Å². The highest BCUT2D eigenvalue weighted by molar-refractivity contribution is 5.94. The molecular weight excluding hydrogens is 274 g/mol. The fourth-order valence-corrected chi connectivity index (χ4v) is 2.24. The van der Waals surface area contributed by atoms with Crippen LogP contribution in [0.4, 0.5) is 20.2 Å². The van der Waals surface area contributed by atoms with Crippen molar-refractivity contribution in [2.24, 2.45) is 0 Å². The van der Waals surface area contributed by atoms with Gasteiger partial charge in [-0.2, -0.15) is 0 Å². The van der Waals surface area contributed by atoms with Crippen molar-refractivity contribution in [2.45, 2.75) is 20.3 Å². The second kappa shape index (κ2) is 5.91. The first kappa shape index (κ1) is 15.0. The third-order valence-electron chi connectivity index (χ3n) is 3.20. The van der Waals surface area contributed by atoms with E-state index in [4.69, 9.17) is 5.73 Å². The number of aryl methyl sites for hydroxylation is 2. The van der Waals surface area contributed by atoms with Gasteiger partial charge in [-0.15, -0.1) is 0 Å². The van der Waals surface area contributed by atoms with E-state index in [1.807, 2.05) is 13.8 Å². The van der Waals surface area contributed by atoms with E-state index in [9.17, 15) is 13.6 Å². The summed E-state index contributed by atoms with van der Waals surface area (Å²) < 4.78 is 26.6. The normalized spacial score (nSPS) is 10.5. The summed E-state index contributed by atoms with van der Waals surface area (Å²) in [6.45, 7) is 3.64. The number of nitrogens with two attached hydrogens (primary N) is 1. The maximum Gasteiger partial charge on any atom is 0.228 e. The quantitative estimate of drug-likeness (QED) is 0.852. The van der Waals surface area contributed by atoms with Crippen LogP contribution in [0.25, 0.3) is 0 Å². The van der Waals surface area contributed by atoms with Crippen LogP contribution in [0.1, 0.15) is 16.7 Å². The second-order valence-corrected chi connectivity index (χ2v) is 4.97. The van der Waals surface area contributed by atoms with E-state index >= 15 is 0 Å². The number of nitrogen functional groups attached to an aromatic ring is 1. The highest BCUT2D eigenvalue weighted by Crippen LogP contribution is 2.23.